The van der Waals surface area contributed by atoms with Crippen LogP contribution >= 0.6 is 0 Å². The molecule has 1 atom stereocenters. The first-order valence-electron chi connectivity index (χ1n) is 7.85. The summed E-state index contributed by atoms with van der Waals surface area (Å²) in [5, 5.41) is 3.30. The van der Waals surface area contributed by atoms with Crippen LogP contribution in [0.2, 0.25) is 0 Å². The molecule has 0 amide bonds. The molecule has 0 saturated carbocycles. The van der Waals surface area contributed by atoms with Crippen molar-refractivity contribution in [3.05, 3.63) is 0 Å². The molecule has 1 N–H and O–H groups in total. The van der Waals surface area contributed by atoms with Crippen molar-refractivity contribution in [1.29, 1.82) is 0 Å². The lowest BCUT2D eigenvalue weighted by Gasteiger charge is -2.31. The van der Waals surface area contributed by atoms with Crippen LogP contribution in [0.15, 0.2) is 0 Å². The van der Waals surface area contributed by atoms with Crippen molar-refractivity contribution in [2.45, 2.75) is 39.2 Å². The second kappa shape index (κ2) is 8.60. The minimum absolute atomic E-state index is 0.131. The van der Waals surface area contributed by atoms with Gasteiger partial charge in [-0.15, -0.1) is 0 Å². The van der Waals surface area contributed by atoms with Gasteiger partial charge >= 0.3 is 5.97 Å². The van der Waals surface area contributed by atoms with Crippen molar-refractivity contribution in [3.8, 4) is 0 Å². The summed E-state index contributed by atoms with van der Waals surface area (Å²) in [4.78, 5) is 17.0. The fourth-order valence-corrected chi connectivity index (χ4v) is 2.65. The highest BCUT2D eigenvalue weighted by atomic mass is 16.5. The Morgan fingerprint density at radius 1 is 1.25 bits per heavy atom. The predicted octanol–water partition coefficient (Wildman–Crippen LogP) is 0.945. The van der Waals surface area contributed by atoms with Gasteiger partial charge in [-0.1, -0.05) is 6.92 Å². The van der Waals surface area contributed by atoms with Crippen molar-refractivity contribution in [1.82, 2.24) is 15.1 Å². The molecule has 0 spiro atoms. The van der Waals surface area contributed by atoms with Crippen LogP contribution < -0.4 is 5.32 Å². The van der Waals surface area contributed by atoms with Gasteiger partial charge in [0.1, 0.15) is 5.54 Å². The number of hydrogen-bond acceptors (Lipinski definition) is 5. The van der Waals surface area contributed by atoms with E-state index in [1.54, 1.807) is 0 Å². The van der Waals surface area contributed by atoms with Crippen molar-refractivity contribution in [2.75, 3.05) is 52.9 Å². The normalized spacial score (nSPS) is 21.2. The average molecular weight is 285 g/mol. The molecule has 0 bridgehead atoms. The van der Waals surface area contributed by atoms with Crippen LogP contribution in [0.1, 0.15) is 33.6 Å². The van der Waals surface area contributed by atoms with Crippen LogP contribution in [0.25, 0.3) is 0 Å². The van der Waals surface area contributed by atoms with E-state index in [-0.39, 0.29) is 5.97 Å². The molecule has 0 aromatic rings. The zero-order valence-corrected chi connectivity index (χ0v) is 13.6. The summed E-state index contributed by atoms with van der Waals surface area (Å²) in [7, 11) is 2.17. The van der Waals surface area contributed by atoms with Crippen LogP contribution in [-0.2, 0) is 9.53 Å². The first kappa shape index (κ1) is 17.4. The molecular formula is C15H31N3O2. The van der Waals surface area contributed by atoms with E-state index in [0.717, 1.165) is 39.1 Å². The fraction of sp³-hybridized carbons (Fsp3) is 0.933. The Hall–Kier alpha value is -0.650. The van der Waals surface area contributed by atoms with Gasteiger partial charge in [0.15, 0.2) is 0 Å². The summed E-state index contributed by atoms with van der Waals surface area (Å²) in [5.41, 5.74) is -0.567. The van der Waals surface area contributed by atoms with Crippen LogP contribution in [0, 0.1) is 0 Å². The number of carbonyl (C=O) groups is 1. The number of nitrogens with zero attached hydrogens (tertiary/aromatic N) is 2. The van der Waals surface area contributed by atoms with Gasteiger partial charge < -0.3 is 19.9 Å². The van der Waals surface area contributed by atoms with Gasteiger partial charge in [-0.05, 0) is 53.4 Å². The molecule has 1 saturated heterocycles. The van der Waals surface area contributed by atoms with Gasteiger partial charge in [-0.25, -0.2) is 0 Å². The number of esters is 1. The van der Waals surface area contributed by atoms with Crippen molar-refractivity contribution in [3.63, 3.8) is 0 Å². The van der Waals surface area contributed by atoms with Gasteiger partial charge in [-0.2, -0.15) is 0 Å². The van der Waals surface area contributed by atoms with Crippen LogP contribution in [-0.4, -0.2) is 74.2 Å². The van der Waals surface area contributed by atoms with E-state index < -0.39 is 5.54 Å². The molecule has 0 aromatic heterocycles. The maximum Gasteiger partial charge on any atom is 0.326 e. The lowest BCUT2D eigenvalue weighted by atomic mass is 9.97. The molecule has 1 unspecified atom stereocenters. The third kappa shape index (κ3) is 5.38. The lowest BCUT2D eigenvalue weighted by Crippen LogP contribution is -2.52. The van der Waals surface area contributed by atoms with Gasteiger partial charge in [0.2, 0.25) is 0 Å². The van der Waals surface area contributed by atoms with Crippen molar-refractivity contribution >= 4 is 5.97 Å². The molecule has 118 valence electrons. The van der Waals surface area contributed by atoms with Crippen LogP contribution in [0.3, 0.4) is 0 Å². The third-order valence-corrected chi connectivity index (χ3v) is 4.03. The lowest BCUT2D eigenvalue weighted by molar-refractivity contribution is -0.151. The summed E-state index contributed by atoms with van der Waals surface area (Å²) < 4.78 is 5.21. The molecule has 1 heterocycles. The minimum Gasteiger partial charge on any atom is -0.465 e. The van der Waals surface area contributed by atoms with E-state index in [4.69, 9.17) is 4.74 Å². The number of likely N-dealkylation sites (N-methyl/N-ethyl adjacent to an activating group) is 2. The first-order valence-corrected chi connectivity index (χ1v) is 7.85. The predicted molar refractivity (Wildman–Crippen MR) is 81.9 cm³/mol. The highest BCUT2D eigenvalue weighted by molar-refractivity contribution is 5.80. The molecule has 0 radical (unpaired) electrons. The van der Waals surface area contributed by atoms with E-state index in [1.807, 2.05) is 20.8 Å². The Morgan fingerprint density at radius 2 is 2.00 bits per heavy atom. The van der Waals surface area contributed by atoms with Crippen molar-refractivity contribution in [2.24, 2.45) is 0 Å². The fourth-order valence-electron chi connectivity index (χ4n) is 2.65. The largest absolute Gasteiger partial charge is 0.465 e. The molecule has 1 rings (SSSR count). The maximum absolute atomic E-state index is 12.1. The Morgan fingerprint density at radius 3 is 2.65 bits per heavy atom. The standard InChI is InChI=1S/C15H31N3O2/c1-5-16-15(3,14(19)20-6-2)8-11-18-10-7-9-17(4)12-13-18/h16H,5-13H2,1-4H3. The van der Waals surface area contributed by atoms with E-state index in [2.05, 4.69) is 22.2 Å². The van der Waals surface area contributed by atoms with Crippen molar-refractivity contribution < 1.29 is 9.53 Å². The minimum atomic E-state index is -0.567. The second-order valence-electron chi connectivity index (χ2n) is 5.83. The Bertz CT molecular complexity index is 299. The number of carbonyl (C=O) groups excluding carboxylic acids is 1. The van der Waals surface area contributed by atoms with E-state index in [0.29, 0.717) is 6.61 Å². The zero-order chi connectivity index (χ0) is 15.0. The molecule has 20 heavy (non-hydrogen) atoms. The van der Waals surface area contributed by atoms with E-state index in [9.17, 15) is 4.79 Å². The quantitative estimate of drug-likeness (QED) is 0.706. The second-order valence-corrected chi connectivity index (χ2v) is 5.83. The summed E-state index contributed by atoms with van der Waals surface area (Å²) in [6, 6.07) is 0. The first-order chi connectivity index (χ1) is 9.51. The highest BCUT2D eigenvalue weighted by Crippen LogP contribution is 2.14. The van der Waals surface area contributed by atoms with E-state index in [1.165, 1.54) is 13.0 Å². The smallest absolute Gasteiger partial charge is 0.326 e. The summed E-state index contributed by atoms with van der Waals surface area (Å²) in [6.45, 7) is 12.5. The third-order valence-electron chi connectivity index (χ3n) is 4.03. The van der Waals surface area contributed by atoms with Crippen LogP contribution in [0.5, 0.6) is 0 Å². The molecule has 0 aliphatic carbocycles. The molecule has 1 aliphatic rings. The Kier molecular flexibility index (Phi) is 7.48. The molecular weight excluding hydrogens is 254 g/mol. The maximum atomic E-state index is 12.1. The summed E-state index contributed by atoms with van der Waals surface area (Å²) in [5.74, 6) is -0.131. The van der Waals surface area contributed by atoms with Gasteiger partial charge in [0.05, 0.1) is 6.61 Å². The molecule has 0 aromatic carbocycles. The number of rotatable bonds is 7. The molecule has 1 aliphatic heterocycles. The summed E-state index contributed by atoms with van der Waals surface area (Å²) in [6.07, 6.45) is 2.00. The molecule has 1 fully saturated rings. The van der Waals surface area contributed by atoms with Gasteiger partial charge in [0.25, 0.3) is 0 Å². The summed E-state index contributed by atoms with van der Waals surface area (Å²) >= 11 is 0. The van der Waals surface area contributed by atoms with Gasteiger partial charge in [-0.3, -0.25) is 4.79 Å². The Balaban J connectivity index is 2.51. The van der Waals surface area contributed by atoms with Gasteiger partial charge in [0, 0.05) is 19.6 Å². The monoisotopic (exact) mass is 285 g/mol. The molecule has 5 nitrogen and oxygen atoms in total. The van der Waals surface area contributed by atoms with Crippen LogP contribution in [0.4, 0.5) is 0 Å². The number of hydrogen-bond donors (Lipinski definition) is 1. The Labute approximate surface area is 123 Å². The number of nitrogens with one attached hydrogen (secondary N) is 1. The zero-order valence-electron chi connectivity index (χ0n) is 13.6. The average Bonchev–Trinajstić information content (AvgIpc) is 2.62. The molecule has 5 heteroatoms. The number of ether oxygens (including phenoxy) is 1. The highest BCUT2D eigenvalue weighted by Gasteiger charge is 2.34. The topological polar surface area (TPSA) is 44.8 Å². The SMILES string of the molecule is CCNC(C)(CCN1CCCN(C)CC1)C(=O)OCC. The van der Waals surface area contributed by atoms with E-state index >= 15 is 0 Å².